The average Bonchev–Trinajstić information content (AvgIpc) is 3.30. The van der Waals surface area contributed by atoms with Crippen LogP contribution < -0.4 is 10.5 Å². The quantitative estimate of drug-likeness (QED) is 0.423. The number of anilines is 1. The van der Waals surface area contributed by atoms with Gasteiger partial charge in [0.15, 0.2) is 5.60 Å². The monoisotopic (exact) mass is 501 g/mol. The van der Waals surface area contributed by atoms with Crippen LogP contribution in [0, 0.1) is 0 Å². The van der Waals surface area contributed by atoms with Gasteiger partial charge < -0.3 is 24.0 Å². The zero-order valence-electron chi connectivity index (χ0n) is 20.6. The second kappa shape index (κ2) is 8.20. The Morgan fingerprint density at radius 2 is 1.97 bits per heavy atom. The molecule has 6 heterocycles. The maximum Gasteiger partial charge on any atom is 0.343 e. The molecule has 1 N–H and O–H groups in total. The lowest BCUT2D eigenvalue weighted by Crippen LogP contribution is -2.44. The van der Waals surface area contributed by atoms with Crippen molar-refractivity contribution in [3.63, 3.8) is 0 Å². The van der Waals surface area contributed by atoms with Crippen molar-refractivity contribution in [2.24, 2.45) is 4.99 Å². The molecule has 0 amide bonds. The summed E-state index contributed by atoms with van der Waals surface area (Å²) >= 11 is 0. The lowest BCUT2D eigenvalue weighted by Gasteiger charge is -2.32. The Bertz CT molecular complexity index is 1560. The normalized spacial score (nSPS) is 22.1. The molecule has 10 heteroatoms. The summed E-state index contributed by atoms with van der Waals surface area (Å²) in [5, 5.41) is 12.1. The fraction of sp³-hybridized carbons (Fsp3) is 0.407. The molecule has 10 nitrogen and oxygen atoms in total. The van der Waals surface area contributed by atoms with Crippen LogP contribution in [-0.2, 0) is 33.0 Å². The molecule has 4 aliphatic rings. The number of carbonyl (C=O) groups is 1. The van der Waals surface area contributed by atoms with Crippen molar-refractivity contribution in [2.45, 2.75) is 32.1 Å². The summed E-state index contributed by atoms with van der Waals surface area (Å²) < 4.78 is 12.4. The third-order valence-electron chi connectivity index (χ3n) is 8.05. The second-order valence-electron chi connectivity index (χ2n) is 9.95. The van der Waals surface area contributed by atoms with E-state index in [0.717, 1.165) is 67.2 Å². The maximum atomic E-state index is 13.6. The number of rotatable bonds is 4. The van der Waals surface area contributed by atoms with E-state index in [2.05, 4.69) is 9.80 Å². The highest BCUT2D eigenvalue weighted by Gasteiger charge is 2.45. The number of aliphatic hydroxyl groups is 1. The number of fused-ring (bicyclic) bond motifs is 5. The van der Waals surface area contributed by atoms with Gasteiger partial charge in [0.2, 0.25) is 0 Å². The molecule has 0 aliphatic carbocycles. The zero-order chi connectivity index (χ0) is 25.3. The summed E-state index contributed by atoms with van der Waals surface area (Å²) in [5.41, 5.74) is 3.46. The Balaban J connectivity index is 1.39. The first-order valence-corrected chi connectivity index (χ1v) is 12.7. The van der Waals surface area contributed by atoms with Crippen LogP contribution in [0.3, 0.4) is 0 Å². The van der Waals surface area contributed by atoms with E-state index in [0.29, 0.717) is 29.1 Å². The molecule has 7 rings (SSSR count). The van der Waals surface area contributed by atoms with Crippen LogP contribution in [0.4, 0.5) is 11.4 Å². The first-order chi connectivity index (χ1) is 18.0. The molecule has 1 saturated heterocycles. The van der Waals surface area contributed by atoms with Gasteiger partial charge in [-0.1, -0.05) is 13.0 Å². The molecular formula is C27H27N5O5. The van der Waals surface area contributed by atoms with Crippen molar-refractivity contribution in [3.05, 3.63) is 51.3 Å². The van der Waals surface area contributed by atoms with Gasteiger partial charge in [-0.15, -0.1) is 0 Å². The Labute approximate surface area is 212 Å². The van der Waals surface area contributed by atoms with Crippen LogP contribution in [0.15, 0.2) is 34.1 Å². The molecule has 0 radical (unpaired) electrons. The predicted molar refractivity (Wildman–Crippen MR) is 137 cm³/mol. The number of pyridine rings is 2. The predicted octanol–water partition coefficient (Wildman–Crippen LogP) is 1.89. The minimum atomic E-state index is -1.85. The fourth-order valence-corrected chi connectivity index (χ4v) is 5.95. The van der Waals surface area contributed by atoms with Crippen LogP contribution in [0.25, 0.3) is 22.3 Å². The minimum Gasteiger partial charge on any atom is -0.458 e. The van der Waals surface area contributed by atoms with E-state index in [9.17, 15) is 14.7 Å². The molecule has 0 spiro atoms. The molecule has 37 heavy (non-hydrogen) atoms. The smallest absolute Gasteiger partial charge is 0.343 e. The summed E-state index contributed by atoms with van der Waals surface area (Å²) in [7, 11) is 0. The van der Waals surface area contributed by atoms with Crippen molar-refractivity contribution in [1.29, 1.82) is 0 Å². The van der Waals surface area contributed by atoms with Crippen molar-refractivity contribution in [3.8, 4) is 11.4 Å². The van der Waals surface area contributed by atoms with E-state index in [1.807, 2.05) is 24.5 Å². The van der Waals surface area contributed by atoms with Gasteiger partial charge in [-0.05, 0) is 24.6 Å². The highest BCUT2D eigenvalue weighted by molar-refractivity contribution is 6.11. The standard InChI is InChI=1S/C27H27N5O5/c1-2-27(35)18-12-21-23-16(13-32(21)25(33)17(18)14-37-26(27)34)24-22-19(4-3-5-20(22)29-23)28-15-31(24)7-6-30-8-10-36-11-9-30/h3-5,12,15,35H,2,6-11,13-14H2,1H3. The highest BCUT2D eigenvalue weighted by atomic mass is 16.6. The summed E-state index contributed by atoms with van der Waals surface area (Å²) in [6.45, 7) is 6.80. The van der Waals surface area contributed by atoms with Crippen LogP contribution in [0.1, 0.15) is 30.0 Å². The molecule has 1 fully saturated rings. The minimum absolute atomic E-state index is 0.111. The molecule has 0 saturated carbocycles. The van der Waals surface area contributed by atoms with Gasteiger partial charge in [0.1, 0.15) is 6.61 Å². The van der Waals surface area contributed by atoms with Crippen molar-refractivity contribution in [1.82, 2.24) is 14.5 Å². The van der Waals surface area contributed by atoms with E-state index in [-0.39, 0.29) is 18.6 Å². The average molecular weight is 502 g/mol. The highest BCUT2D eigenvalue weighted by Crippen LogP contribution is 2.46. The molecule has 1 aromatic carbocycles. The maximum absolute atomic E-state index is 13.6. The van der Waals surface area contributed by atoms with Gasteiger partial charge >= 0.3 is 5.97 Å². The van der Waals surface area contributed by atoms with E-state index in [1.54, 1.807) is 17.6 Å². The number of carbonyl (C=O) groups excluding carboxylic acids is 1. The molecule has 190 valence electrons. The molecule has 1 atom stereocenters. The van der Waals surface area contributed by atoms with Crippen molar-refractivity contribution < 1.29 is 19.4 Å². The number of ether oxygens (including phenoxy) is 2. The van der Waals surface area contributed by atoms with Crippen LogP contribution >= 0.6 is 0 Å². The van der Waals surface area contributed by atoms with Crippen LogP contribution in [-0.4, -0.2) is 71.3 Å². The van der Waals surface area contributed by atoms with Crippen molar-refractivity contribution in [2.75, 3.05) is 44.3 Å². The lowest BCUT2D eigenvalue weighted by molar-refractivity contribution is -0.172. The van der Waals surface area contributed by atoms with Crippen LogP contribution in [0.2, 0.25) is 0 Å². The lowest BCUT2D eigenvalue weighted by atomic mass is 9.86. The number of benzene rings is 1. The van der Waals surface area contributed by atoms with Gasteiger partial charge in [0.25, 0.3) is 5.56 Å². The summed E-state index contributed by atoms with van der Waals surface area (Å²) in [6, 6.07) is 7.63. The zero-order valence-corrected chi connectivity index (χ0v) is 20.6. The number of hydrogen-bond acceptors (Lipinski definition) is 9. The number of aliphatic imine (C=N–C) groups is 1. The number of cyclic esters (lactones) is 1. The second-order valence-corrected chi connectivity index (χ2v) is 9.95. The van der Waals surface area contributed by atoms with Crippen molar-refractivity contribution >= 4 is 34.6 Å². The fourth-order valence-electron chi connectivity index (χ4n) is 5.95. The number of esters is 1. The molecule has 3 aromatic rings. The Morgan fingerprint density at radius 3 is 2.78 bits per heavy atom. The third-order valence-corrected chi connectivity index (χ3v) is 8.05. The van der Waals surface area contributed by atoms with Gasteiger partial charge in [-0.2, -0.15) is 0 Å². The topological polar surface area (TPSA) is 109 Å². The number of hydrogen-bond donors (Lipinski definition) is 1. The Hall–Kier alpha value is -3.60. The summed E-state index contributed by atoms with van der Waals surface area (Å²) in [5.74, 6) is -0.721. The van der Waals surface area contributed by atoms with Gasteiger partial charge in [-0.25, -0.2) is 14.8 Å². The third kappa shape index (κ3) is 3.22. The van der Waals surface area contributed by atoms with Crippen LogP contribution in [0.5, 0.6) is 0 Å². The molecular weight excluding hydrogens is 474 g/mol. The van der Waals surface area contributed by atoms with E-state index in [1.165, 1.54) is 0 Å². The summed E-state index contributed by atoms with van der Waals surface area (Å²) in [4.78, 5) is 40.4. The van der Waals surface area contributed by atoms with E-state index < -0.39 is 11.6 Å². The first kappa shape index (κ1) is 22.6. The van der Waals surface area contributed by atoms with Gasteiger partial charge in [0, 0.05) is 37.3 Å². The Kier molecular flexibility index (Phi) is 5.01. The first-order valence-electron chi connectivity index (χ1n) is 12.7. The number of morpholine rings is 1. The summed E-state index contributed by atoms with van der Waals surface area (Å²) in [6.07, 6.45) is 1.98. The largest absolute Gasteiger partial charge is 0.458 e. The molecule has 2 aromatic heterocycles. The molecule has 4 aliphatic heterocycles. The number of nitrogens with zero attached hydrogens (tertiary/aromatic N) is 5. The SMILES string of the molecule is CCC1(O)C(=O)OCc2c1cc1n(c2=O)Cc2c-1nc1cccc3c1c2N(CCN1CCOCC1)C=N3. The van der Waals surface area contributed by atoms with Gasteiger partial charge in [-0.3, -0.25) is 9.69 Å². The Morgan fingerprint density at radius 1 is 1.14 bits per heavy atom. The van der Waals surface area contributed by atoms with E-state index in [4.69, 9.17) is 19.5 Å². The molecule has 0 bridgehead atoms. The number of aromatic nitrogens is 2. The van der Waals surface area contributed by atoms with E-state index >= 15 is 0 Å². The van der Waals surface area contributed by atoms with Gasteiger partial charge in [0.05, 0.1) is 65.3 Å². The molecule has 1 unspecified atom stereocenters.